The number of anilines is 3. The van der Waals surface area contributed by atoms with Gasteiger partial charge in [0.1, 0.15) is 22.9 Å². The molecule has 1 saturated heterocycles. The first-order valence-electron chi connectivity index (χ1n) is 13.6. The Morgan fingerprint density at radius 3 is 2.46 bits per heavy atom. The fourth-order valence-corrected chi connectivity index (χ4v) is 5.33. The van der Waals surface area contributed by atoms with Gasteiger partial charge < -0.3 is 30.9 Å². The summed E-state index contributed by atoms with van der Waals surface area (Å²) in [5.74, 6) is -2.35. The first-order valence-corrected chi connectivity index (χ1v) is 13.6. The van der Waals surface area contributed by atoms with E-state index >= 15 is 4.39 Å². The van der Waals surface area contributed by atoms with Crippen LogP contribution in [0, 0.1) is 5.82 Å². The van der Waals surface area contributed by atoms with Crippen LogP contribution in [0.15, 0.2) is 18.3 Å². The van der Waals surface area contributed by atoms with E-state index in [2.05, 4.69) is 36.1 Å². The second kappa shape index (κ2) is 12.9. The summed E-state index contributed by atoms with van der Waals surface area (Å²) < 4.78 is 61.9. The molecule has 0 bridgehead atoms. The maximum absolute atomic E-state index is 15.1. The van der Waals surface area contributed by atoms with E-state index in [1.165, 1.54) is 20.1 Å². The number of alkyl halides is 3. The third-order valence-corrected chi connectivity index (χ3v) is 7.31. The summed E-state index contributed by atoms with van der Waals surface area (Å²) >= 11 is 0. The van der Waals surface area contributed by atoms with Crippen LogP contribution in [0.2, 0.25) is 0 Å². The molecule has 2 fully saturated rings. The van der Waals surface area contributed by atoms with Gasteiger partial charge in [-0.05, 0) is 45.3 Å². The van der Waals surface area contributed by atoms with Crippen LogP contribution in [0.4, 0.5) is 35.0 Å². The third-order valence-electron chi connectivity index (χ3n) is 7.31. The molecule has 1 aromatic carbocycles. The molecule has 4 rings (SSSR count). The third kappa shape index (κ3) is 7.75. The lowest BCUT2D eigenvalue weighted by atomic mass is 9.90. The van der Waals surface area contributed by atoms with Gasteiger partial charge in [-0.3, -0.25) is 9.59 Å². The number of carbonyl (C=O) groups excluding carboxylic acids is 2. The second-order valence-corrected chi connectivity index (χ2v) is 10.5. The van der Waals surface area contributed by atoms with Crippen molar-refractivity contribution in [3.63, 3.8) is 0 Å². The van der Waals surface area contributed by atoms with E-state index in [1.807, 2.05) is 7.05 Å². The lowest BCUT2D eigenvalue weighted by Crippen LogP contribution is -2.48. The Hall–Kier alpha value is -3.68. The quantitative estimate of drug-likeness (QED) is 0.345. The molecular formula is C27H35F4N7O3. The Morgan fingerprint density at radius 2 is 1.80 bits per heavy atom. The molecule has 14 heteroatoms. The van der Waals surface area contributed by atoms with Gasteiger partial charge in [-0.1, -0.05) is 12.8 Å². The lowest BCUT2D eigenvalue weighted by molar-refractivity contribution is -0.137. The number of hydrogen-bond donors (Lipinski definition) is 4. The molecule has 0 spiro atoms. The summed E-state index contributed by atoms with van der Waals surface area (Å²) in [7, 11) is 3.27. The summed E-state index contributed by atoms with van der Waals surface area (Å²) in [6.07, 6.45) is 0.349. The standard InChI is InChI=1S/C27H35F4N7O3/c1-15(39)33-20-8-4-5-9-21(20)35-24-18(27(29,30)31)13-32-26(37-24)36-22-12-19(28)17(11-23(22)41-3)25(40)34-16-7-6-10-38(2)14-16/h11-13,16,20-21H,4-10,14H2,1-3H3,(H,33,39)(H,34,40)(H2,32,35,36,37)/t16?,20-,21-/m1/s1. The molecule has 1 unspecified atom stereocenters. The van der Waals surface area contributed by atoms with Crippen molar-refractivity contribution < 1.29 is 31.9 Å². The summed E-state index contributed by atoms with van der Waals surface area (Å²) in [4.78, 5) is 34.4. The Morgan fingerprint density at radius 1 is 1.07 bits per heavy atom. The molecule has 1 aliphatic carbocycles. The first-order chi connectivity index (χ1) is 19.4. The van der Waals surface area contributed by atoms with Gasteiger partial charge >= 0.3 is 6.18 Å². The number of nitrogens with one attached hydrogen (secondary N) is 4. The number of nitrogens with zero attached hydrogens (tertiary/aromatic N) is 3. The largest absolute Gasteiger partial charge is 0.495 e. The van der Waals surface area contributed by atoms with Crippen LogP contribution in [-0.4, -0.2) is 72.1 Å². The van der Waals surface area contributed by atoms with Gasteiger partial charge in [0, 0.05) is 43.9 Å². The van der Waals surface area contributed by atoms with Gasteiger partial charge in [0.2, 0.25) is 11.9 Å². The van der Waals surface area contributed by atoms with Gasteiger partial charge in [0.05, 0.1) is 18.4 Å². The molecule has 0 radical (unpaired) electrons. The molecule has 10 nitrogen and oxygen atoms in total. The van der Waals surface area contributed by atoms with E-state index in [0.717, 1.165) is 38.3 Å². The zero-order valence-electron chi connectivity index (χ0n) is 23.2. The highest BCUT2D eigenvalue weighted by molar-refractivity contribution is 5.96. The van der Waals surface area contributed by atoms with Crippen molar-refractivity contribution in [1.82, 2.24) is 25.5 Å². The van der Waals surface area contributed by atoms with Crippen molar-refractivity contribution in [2.45, 2.75) is 69.8 Å². The zero-order chi connectivity index (χ0) is 29.7. The van der Waals surface area contributed by atoms with Gasteiger partial charge in [0.15, 0.2) is 0 Å². The van der Waals surface area contributed by atoms with Gasteiger partial charge in [-0.25, -0.2) is 9.37 Å². The fraction of sp³-hybridized carbons (Fsp3) is 0.556. The smallest absolute Gasteiger partial charge is 0.421 e. The molecule has 2 amide bonds. The van der Waals surface area contributed by atoms with Crippen LogP contribution in [0.3, 0.4) is 0 Å². The van der Waals surface area contributed by atoms with E-state index in [1.54, 1.807) is 0 Å². The zero-order valence-corrected chi connectivity index (χ0v) is 23.2. The molecule has 3 atom stereocenters. The molecule has 1 aliphatic heterocycles. The first kappa shape index (κ1) is 30.3. The number of halogens is 4. The number of benzene rings is 1. The normalized spacial score (nSPS) is 21.6. The van der Waals surface area contributed by atoms with Crippen molar-refractivity contribution in [2.75, 3.05) is 37.9 Å². The summed E-state index contributed by atoms with van der Waals surface area (Å²) in [5, 5.41) is 11.2. The maximum atomic E-state index is 15.1. The number of methoxy groups -OCH3 is 1. The number of piperidine rings is 1. The van der Waals surface area contributed by atoms with Crippen molar-refractivity contribution in [3.05, 3.63) is 35.3 Å². The number of rotatable bonds is 8. The van der Waals surface area contributed by atoms with E-state index in [9.17, 15) is 22.8 Å². The molecule has 1 saturated carbocycles. The lowest BCUT2D eigenvalue weighted by Gasteiger charge is -2.33. The maximum Gasteiger partial charge on any atom is 0.421 e. The highest BCUT2D eigenvalue weighted by atomic mass is 19.4. The van der Waals surface area contributed by atoms with Gasteiger partial charge in [-0.2, -0.15) is 18.2 Å². The molecule has 41 heavy (non-hydrogen) atoms. The number of aromatic nitrogens is 2. The van der Waals surface area contributed by atoms with E-state index in [0.29, 0.717) is 25.6 Å². The van der Waals surface area contributed by atoms with Crippen LogP contribution < -0.4 is 26.0 Å². The number of hydrogen-bond acceptors (Lipinski definition) is 8. The summed E-state index contributed by atoms with van der Waals surface area (Å²) in [6.45, 7) is 2.93. The molecule has 1 aromatic heterocycles. The number of amides is 2. The Balaban J connectivity index is 1.58. The van der Waals surface area contributed by atoms with Gasteiger partial charge in [0.25, 0.3) is 5.91 Å². The Labute approximate surface area is 235 Å². The SMILES string of the molecule is COc1cc(C(=O)NC2CCCN(C)C2)c(F)cc1Nc1ncc(C(F)(F)F)c(N[C@@H]2CCCC[C@H]2NC(C)=O)n1. The predicted octanol–water partition coefficient (Wildman–Crippen LogP) is 4.07. The van der Waals surface area contributed by atoms with Crippen LogP contribution in [0.1, 0.15) is 61.4 Å². The average Bonchev–Trinajstić information content (AvgIpc) is 2.89. The number of carbonyl (C=O) groups is 2. The van der Waals surface area contributed by atoms with E-state index in [-0.39, 0.29) is 40.9 Å². The Kier molecular flexibility index (Phi) is 9.51. The molecular weight excluding hydrogens is 546 g/mol. The predicted molar refractivity (Wildman–Crippen MR) is 145 cm³/mol. The van der Waals surface area contributed by atoms with Crippen LogP contribution in [0.25, 0.3) is 0 Å². The Bertz CT molecular complexity index is 1260. The highest BCUT2D eigenvalue weighted by Crippen LogP contribution is 2.36. The average molecular weight is 582 g/mol. The minimum absolute atomic E-state index is 0.0263. The van der Waals surface area contributed by atoms with Crippen LogP contribution >= 0.6 is 0 Å². The van der Waals surface area contributed by atoms with Crippen LogP contribution in [0.5, 0.6) is 5.75 Å². The molecule has 2 aromatic rings. The second-order valence-electron chi connectivity index (χ2n) is 10.5. The van der Waals surface area contributed by atoms with Crippen molar-refractivity contribution >= 4 is 29.3 Å². The van der Waals surface area contributed by atoms with Crippen molar-refractivity contribution in [1.29, 1.82) is 0 Å². The van der Waals surface area contributed by atoms with Crippen LogP contribution in [-0.2, 0) is 11.0 Å². The number of ether oxygens (including phenoxy) is 1. The number of likely N-dealkylation sites (N-methyl/N-ethyl adjacent to an activating group) is 1. The van der Waals surface area contributed by atoms with Gasteiger partial charge in [-0.15, -0.1) is 0 Å². The highest BCUT2D eigenvalue weighted by Gasteiger charge is 2.37. The molecule has 2 aliphatic rings. The van der Waals surface area contributed by atoms with Crippen molar-refractivity contribution in [2.24, 2.45) is 0 Å². The monoisotopic (exact) mass is 581 g/mol. The fourth-order valence-electron chi connectivity index (χ4n) is 5.33. The topological polar surface area (TPSA) is 121 Å². The summed E-state index contributed by atoms with van der Waals surface area (Å²) in [6, 6.07) is 1.28. The minimum Gasteiger partial charge on any atom is -0.495 e. The van der Waals surface area contributed by atoms with E-state index < -0.39 is 35.3 Å². The minimum atomic E-state index is -4.75. The van der Waals surface area contributed by atoms with Crippen molar-refractivity contribution in [3.8, 4) is 5.75 Å². The summed E-state index contributed by atoms with van der Waals surface area (Å²) in [5.41, 5.74) is -1.27. The molecule has 4 N–H and O–H groups in total. The molecule has 2 heterocycles. The number of likely N-dealkylation sites (tertiary alicyclic amines) is 1. The molecule has 224 valence electrons. The van der Waals surface area contributed by atoms with E-state index in [4.69, 9.17) is 4.74 Å².